The zero-order valence-corrected chi connectivity index (χ0v) is 9.49. The van der Waals surface area contributed by atoms with Crippen LogP contribution in [0.15, 0.2) is 6.07 Å². The Hall–Kier alpha value is -1.28. The van der Waals surface area contributed by atoms with E-state index in [9.17, 15) is 8.78 Å². The predicted octanol–water partition coefficient (Wildman–Crippen LogP) is 2.56. The summed E-state index contributed by atoms with van der Waals surface area (Å²) in [4.78, 5) is 3.80. The average molecular weight is 319 g/mol. The van der Waals surface area contributed by atoms with Gasteiger partial charge in [0.1, 0.15) is 11.8 Å². The summed E-state index contributed by atoms with van der Waals surface area (Å²) >= 11 is 1.71. The number of rotatable bonds is 2. The van der Waals surface area contributed by atoms with Crippen LogP contribution in [-0.2, 0) is 6.42 Å². The number of aromatic nitrogens is 1. The van der Waals surface area contributed by atoms with Crippen LogP contribution >= 0.6 is 22.6 Å². The second-order valence-corrected chi connectivity index (χ2v) is 3.68. The van der Waals surface area contributed by atoms with Gasteiger partial charge in [-0.05, 0) is 28.7 Å². The van der Waals surface area contributed by atoms with E-state index in [0.29, 0.717) is 0 Å². The molecule has 6 heteroatoms. The van der Waals surface area contributed by atoms with Crippen molar-refractivity contribution < 1.29 is 8.78 Å². The summed E-state index contributed by atoms with van der Waals surface area (Å²) in [6.45, 7) is 0. The minimum absolute atomic E-state index is 0.0759. The van der Waals surface area contributed by atoms with E-state index in [1.165, 1.54) is 0 Å². The molecule has 0 N–H and O–H groups in total. The van der Waals surface area contributed by atoms with Gasteiger partial charge < -0.3 is 0 Å². The molecule has 0 amide bonds. The Labute approximate surface area is 98.5 Å². The van der Waals surface area contributed by atoms with Crippen LogP contribution in [0.3, 0.4) is 0 Å². The molecule has 0 aliphatic heterocycles. The molecule has 1 rings (SSSR count). The SMILES string of the molecule is N#CCc1nc(C#N)cc(C(F)F)c1I. The van der Waals surface area contributed by atoms with Gasteiger partial charge in [-0.1, -0.05) is 0 Å². The summed E-state index contributed by atoms with van der Waals surface area (Å²) in [5.41, 5.74) is -0.101. The molecule has 76 valence electrons. The highest BCUT2D eigenvalue weighted by Crippen LogP contribution is 2.27. The standard InChI is InChI=1S/C9H4F2IN3/c10-9(11)6-3-5(4-14)15-7(1-2-13)8(6)12/h3,9H,1H2. The summed E-state index contributed by atoms with van der Waals surface area (Å²) in [6, 6.07) is 4.56. The van der Waals surface area contributed by atoms with Gasteiger partial charge in [-0.2, -0.15) is 10.5 Å². The molecule has 0 aromatic carbocycles. The molecule has 1 aromatic heterocycles. The lowest BCUT2D eigenvalue weighted by molar-refractivity contribution is 0.150. The highest BCUT2D eigenvalue weighted by molar-refractivity contribution is 14.1. The Morgan fingerprint density at radius 1 is 1.47 bits per heavy atom. The summed E-state index contributed by atoms with van der Waals surface area (Å²) < 4.78 is 25.3. The molecule has 0 aliphatic rings. The summed E-state index contributed by atoms with van der Waals surface area (Å²) in [6.07, 6.45) is -2.74. The van der Waals surface area contributed by atoms with Gasteiger partial charge in [0, 0.05) is 9.13 Å². The van der Waals surface area contributed by atoms with Crippen molar-refractivity contribution in [2.45, 2.75) is 12.8 Å². The average Bonchev–Trinajstić information content (AvgIpc) is 2.21. The van der Waals surface area contributed by atoms with Crippen molar-refractivity contribution in [3.05, 3.63) is 26.6 Å². The lowest BCUT2D eigenvalue weighted by Crippen LogP contribution is -2.01. The van der Waals surface area contributed by atoms with Gasteiger partial charge in [0.15, 0.2) is 0 Å². The fourth-order valence-electron chi connectivity index (χ4n) is 1.01. The van der Waals surface area contributed by atoms with Crippen LogP contribution in [0, 0.1) is 26.2 Å². The molecule has 0 unspecified atom stereocenters. The number of pyridine rings is 1. The number of hydrogen-bond acceptors (Lipinski definition) is 3. The number of nitrogens with zero attached hydrogens (tertiary/aromatic N) is 3. The Kier molecular flexibility index (Phi) is 3.92. The van der Waals surface area contributed by atoms with Gasteiger partial charge in [-0.15, -0.1) is 0 Å². The Balaban J connectivity index is 3.36. The van der Waals surface area contributed by atoms with E-state index in [1.54, 1.807) is 28.7 Å². The van der Waals surface area contributed by atoms with E-state index in [2.05, 4.69) is 4.98 Å². The van der Waals surface area contributed by atoms with Crippen molar-refractivity contribution in [2.75, 3.05) is 0 Å². The zero-order chi connectivity index (χ0) is 11.4. The smallest absolute Gasteiger partial charge is 0.240 e. The Bertz CT molecular complexity index is 460. The van der Waals surface area contributed by atoms with Gasteiger partial charge in [0.25, 0.3) is 6.43 Å². The van der Waals surface area contributed by atoms with E-state index in [0.717, 1.165) is 6.07 Å². The lowest BCUT2D eigenvalue weighted by Gasteiger charge is -2.06. The van der Waals surface area contributed by atoms with E-state index in [1.807, 2.05) is 6.07 Å². The molecule has 15 heavy (non-hydrogen) atoms. The first-order valence-electron chi connectivity index (χ1n) is 3.84. The molecule has 3 nitrogen and oxygen atoms in total. The number of alkyl halides is 2. The minimum atomic E-state index is -2.66. The van der Waals surface area contributed by atoms with Crippen LogP contribution < -0.4 is 0 Å². The maximum atomic E-state index is 12.5. The largest absolute Gasteiger partial charge is 0.265 e. The third kappa shape index (κ3) is 2.60. The first-order chi connectivity index (χ1) is 7.10. The zero-order valence-electron chi connectivity index (χ0n) is 7.34. The summed E-state index contributed by atoms with van der Waals surface area (Å²) in [7, 11) is 0. The van der Waals surface area contributed by atoms with Gasteiger partial charge in [-0.25, -0.2) is 13.8 Å². The first-order valence-corrected chi connectivity index (χ1v) is 4.92. The second-order valence-electron chi connectivity index (χ2n) is 2.60. The van der Waals surface area contributed by atoms with Crippen LogP contribution in [0.25, 0.3) is 0 Å². The fraction of sp³-hybridized carbons (Fsp3) is 0.222. The third-order valence-corrected chi connectivity index (χ3v) is 2.90. The highest BCUT2D eigenvalue weighted by Gasteiger charge is 2.17. The molecule has 0 saturated heterocycles. The van der Waals surface area contributed by atoms with Crippen LogP contribution in [0.5, 0.6) is 0 Å². The molecule has 0 fully saturated rings. The second kappa shape index (κ2) is 4.99. The minimum Gasteiger partial charge on any atom is -0.240 e. The van der Waals surface area contributed by atoms with E-state index < -0.39 is 6.43 Å². The van der Waals surface area contributed by atoms with Gasteiger partial charge in [0.05, 0.1) is 18.2 Å². The van der Waals surface area contributed by atoms with Crippen LogP contribution in [0.1, 0.15) is 23.4 Å². The Morgan fingerprint density at radius 2 is 2.13 bits per heavy atom. The maximum absolute atomic E-state index is 12.5. The van der Waals surface area contributed by atoms with Crippen LogP contribution in [0.2, 0.25) is 0 Å². The van der Waals surface area contributed by atoms with Crippen molar-refractivity contribution >= 4 is 22.6 Å². The normalized spacial score (nSPS) is 9.73. The molecular weight excluding hydrogens is 315 g/mol. The quantitative estimate of drug-likeness (QED) is 0.787. The van der Waals surface area contributed by atoms with Crippen molar-refractivity contribution in [1.82, 2.24) is 4.98 Å². The molecule has 0 saturated carbocycles. The van der Waals surface area contributed by atoms with Gasteiger partial charge in [0.2, 0.25) is 0 Å². The van der Waals surface area contributed by atoms with Gasteiger partial charge in [-0.3, -0.25) is 0 Å². The van der Waals surface area contributed by atoms with E-state index >= 15 is 0 Å². The fourth-order valence-corrected chi connectivity index (χ4v) is 1.71. The first kappa shape index (κ1) is 11.8. The van der Waals surface area contributed by atoms with Gasteiger partial charge >= 0.3 is 0 Å². The molecule has 1 aromatic rings. The molecule has 0 spiro atoms. The molecule has 0 bridgehead atoms. The number of halogens is 3. The number of hydrogen-bond donors (Lipinski definition) is 0. The van der Waals surface area contributed by atoms with Crippen molar-refractivity contribution in [3.8, 4) is 12.1 Å². The topological polar surface area (TPSA) is 60.5 Å². The monoisotopic (exact) mass is 319 g/mol. The van der Waals surface area contributed by atoms with Crippen LogP contribution in [0.4, 0.5) is 8.78 Å². The molecule has 0 aliphatic carbocycles. The molecule has 0 atom stereocenters. The van der Waals surface area contributed by atoms with Crippen molar-refractivity contribution in [1.29, 1.82) is 10.5 Å². The Morgan fingerprint density at radius 3 is 2.60 bits per heavy atom. The van der Waals surface area contributed by atoms with E-state index in [-0.39, 0.29) is 26.9 Å². The summed E-state index contributed by atoms with van der Waals surface area (Å²) in [5, 5.41) is 17.1. The van der Waals surface area contributed by atoms with Crippen molar-refractivity contribution in [3.63, 3.8) is 0 Å². The molecule has 1 heterocycles. The van der Waals surface area contributed by atoms with Crippen molar-refractivity contribution in [2.24, 2.45) is 0 Å². The lowest BCUT2D eigenvalue weighted by atomic mass is 10.1. The van der Waals surface area contributed by atoms with Crippen LogP contribution in [-0.4, -0.2) is 4.98 Å². The summed E-state index contributed by atoms with van der Waals surface area (Å²) in [5.74, 6) is 0. The molecule has 0 radical (unpaired) electrons. The molecular formula is C9H4F2IN3. The predicted molar refractivity (Wildman–Crippen MR) is 55.9 cm³/mol. The highest BCUT2D eigenvalue weighted by atomic mass is 127. The third-order valence-electron chi connectivity index (χ3n) is 1.65. The maximum Gasteiger partial charge on any atom is 0.265 e. The number of nitriles is 2. The van der Waals surface area contributed by atoms with E-state index in [4.69, 9.17) is 10.5 Å².